The van der Waals surface area contributed by atoms with Crippen LogP contribution in [0.15, 0.2) is 42.5 Å². The van der Waals surface area contributed by atoms with Gasteiger partial charge in [0.15, 0.2) is 0 Å². The molecule has 2 aromatic rings. The number of hydrogen-bond acceptors (Lipinski definition) is 4. The topological polar surface area (TPSA) is 102 Å². The number of nitrogens with two attached hydrogens (primary N) is 1. The predicted octanol–water partition coefficient (Wildman–Crippen LogP) is 2.24. The monoisotopic (exact) mass is 286 g/mol. The number of nitrogens with one attached hydrogen (secondary N) is 1. The van der Waals surface area contributed by atoms with E-state index in [-0.39, 0.29) is 11.3 Å². The Morgan fingerprint density at radius 2 is 1.71 bits per heavy atom. The van der Waals surface area contributed by atoms with Crippen molar-refractivity contribution in [2.75, 3.05) is 12.4 Å². The molecule has 0 saturated carbocycles. The molecule has 0 heterocycles. The Balaban J connectivity index is 2.23. The zero-order valence-corrected chi connectivity index (χ0v) is 11.3. The van der Waals surface area contributed by atoms with Gasteiger partial charge in [-0.1, -0.05) is 0 Å². The van der Waals surface area contributed by atoms with Crippen molar-refractivity contribution in [1.29, 1.82) is 0 Å². The molecular formula is C15H14N2O4. The van der Waals surface area contributed by atoms with E-state index in [9.17, 15) is 9.59 Å². The smallest absolute Gasteiger partial charge is 0.339 e. The Hall–Kier alpha value is -3.02. The van der Waals surface area contributed by atoms with Crippen LogP contribution >= 0.6 is 0 Å². The average Bonchev–Trinajstić information content (AvgIpc) is 2.47. The van der Waals surface area contributed by atoms with E-state index in [1.165, 1.54) is 13.2 Å². The number of primary amides is 1. The number of carboxylic acid groups (broad SMARTS) is 1. The van der Waals surface area contributed by atoms with E-state index in [0.717, 1.165) is 5.69 Å². The van der Waals surface area contributed by atoms with E-state index in [1.54, 1.807) is 36.4 Å². The van der Waals surface area contributed by atoms with Gasteiger partial charge in [-0.2, -0.15) is 0 Å². The number of anilines is 2. The van der Waals surface area contributed by atoms with Crippen molar-refractivity contribution in [3.63, 3.8) is 0 Å². The molecule has 2 rings (SSSR count). The molecule has 0 saturated heterocycles. The van der Waals surface area contributed by atoms with E-state index >= 15 is 0 Å². The van der Waals surface area contributed by atoms with Crippen molar-refractivity contribution in [1.82, 2.24) is 0 Å². The van der Waals surface area contributed by atoms with Crippen molar-refractivity contribution >= 4 is 23.3 Å². The highest BCUT2D eigenvalue weighted by atomic mass is 16.5. The first kappa shape index (κ1) is 14.4. The Kier molecular flexibility index (Phi) is 4.08. The summed E-state index contributed by atoms with van der Waals surface area (Å²) < 4.78 is 5.05. The third kappa shape index (κ3) is 3.30. The van der Waals surface area contributed by atoms with Gasteiger partial charge in [-0.05, 0) is 36.4 Å². The van der Waals surface area contributed by atoms with Gasteiger partial charge in [-0.3, -0.25) is 4.79 Å². The molecule has 4 N–H and O–H groups in total. The molecule has 0 aliphatic rings. The number of carboxylic acids is 1. The van der Waals surface area contributed by atoms with Crippen molar-refractivity contribution in [3.05, 3.63) is 53.6 Å². The fraction of sp³-hybridized carbons (Fsp3) is 0.0667. The molecule has 0 aromatic heterocycles. The van der Waals surface area contributed by atoms with Gasteiger partial charge >= 0.3 is 5.97 Å². The average molecular weight is 286 g/mol. The van der Waals surface area contributed by atoms with E-state index in [1.807, 2.05) is 0 Å². The SMILES string of the molecule is COc1cc(Nc2ccc(C(N)=O)cc2)ccc1C(=O)O. The fourth-order valence-corrected chi connectivity index (χ4v) is 1.83. The molecule has 108 valence electrons. The Morgan fingerprint density at radius 1 is 1.10 bits per heavy atom. The van der Waals surface area contributed by atoms with Crippen LogP contribution in [-0.4, -0.2) is 24.1 Å². The maximum atomic E-state index is 11.0. The zero-order valence-electron chi connectivity index (χ0n) is 11.3. The second-order valence-electron chi connectivity index (χ2n) is 4.29. The van der Waals surface area contributed by atoms with Crippen LogP contribution in [0.3, 0.4) is 0 Å². The van der Waals surface area contributed by atoms with Gasteiger partial charge in [-0.25, -0.2) is 4.79 Å². The first-order chi connectivity index (χ1) is 10.0. The van der Waals surface area contributed by atoms with Crippen LogP contribution in [0.2, 0.25) is 0 Å². The summed E-state index contributed by atoms with van der Waals surface area (Å²) in [6.45, 7) is 0. The van der Waals surface area contributed by atoms with Gasteiger partial charge < -0.3 is 20.9 Å². The summed E-state index contributed by atoms with van der Waals surface area (Å²) >= 11 is 0. The summed E-state index contributed by atoms with van der Waals surface area (Å²) in [5, 5.41) is 12.1. The zero-order chi connectivity index (χ0) is 15.4. The van der Waals surface area contributed by atoms with Gasteiger partial charge in [0.05, 0.1) is 7.11 Å². The molecule has 21 heavy (non-hydrogen) atoms. The quantitative estimate of drug-likeness (QED) is 0.782. The van der Waals surface area contributed by atoms with Gasteiger partial charge in [0.1, 0.15) is 11.3 Å². The molecule has 0 atom stereocenters. The molecule has 0 unspecified atom stereocenters. The number of methoxy groups -OCH3 is 1. The molecule has 0 fully saturated rings. The lowest BCUT2D eigenvalue weighted by atomic mass is 10.1. The summed E-state index contributed by atoms with van der Waals surface area (Å²) in [4.78, 5) is 22.0. The number of ether oxygens (including phenoxy) is 1. The highest BCUT2D eigenvalue weighted by Crippen LogP contribution is 2.25. The molecule has 0 spiro atoms. The molecule has 6 heteroatoms. The minimum atomic E-state index is -1.05. The van der Waals surface area contributed by atoms with Gasteiger partial charge in [0.25, 0.3) is 0 Å². The van der Waals surface area contributed by atoms with Crippen molar-refractivity contribution in [3.8, 4) is 5.75 Å². The minimum absolute atomic E-state index is 0.0899. The van der Waals surface area contributed by atoms with Crippen molar-refractivity contribution < 1.29 is 19.4 Å². The molecule has 0 aliphatic heterocycles. The molecule has 6 nitrogen and oxygen atoms in total. The summed E-state index contributed by atoms with van der Waals surface area (Å²) in [6, 6.07) is 11.3. The summed E-state index contributed by atoms with van der Waals surface area (Å²) in [6.07, 6.45) is 0. The number of carbonyl (C=O) groups excluding carboxylic acids is 1. The second-order valence-corrected chi connectivity index (χ2v) is 4.29. The lowest BCUT2D eigenvalue weighted by Gasteiger charge is -2.10. The lowest BCUT2D eigenvalue weighted by Crippen LogP contribution is -2.10. The Bertz CT molecular complexity index is 681. The molecule has 0 bridgehead atoms. The van der Waals surface area contributed by atoms with E-state index in [2.05, 4.69) is 5.32 Å². The Labute approximate surface area is 121 Å². The summed E-state index contributed by atoms with van der Waals surface area (Å²) in [5.41, 5.74) is 7.08. The minimum Gasteiger partial charge on any atom is -0.496 e. The molecular weight excluding hydrogens is 272 g/mol. The molecule has 1 amide bonds. The van der Waals surface area contributed by atoms with Crippen molar-refractivity contribution in [2.24, 2.45) is 5.73 Å². The predicted molar refractivity (Wildman–Crippen MR) is 78.2 cm³/mol. The highest BCUT2D eigenvalue weighted by Gasteiger charge is 2.11. The Morgan fingerprint density at radius 3 is 2.24 bits per heavy atom. The highest BCUT2D eigenvalue weighted by molar-refractivity contribution is 5.93. The third-order valence-electron chi connectivity index (χ3n) is 2.89. The van der Waals surface area contributed by atoms with E-state index in [0.29, 0.717) is 11.3 Å². The number of benzene rings is 2. The largest absolute Gasteiger partial charge is 0.496 e. The number of rotatable bonds is 5. The van der Waals surface area contributed by atoms with Crippen LogP contribution in [0, 0.1) is 0 Å². The van der Waals surface area contributed by atoms with Gasteiger partial charge in [0, 0.05) is 23.0 Å². The lowest BCUT2D eigenvalue weighted by molar-refractivity contribution is 0.0693. The van der Waals surface area contributed by atoms with Crippen LogP contribution in [0.1, 0.15) is 20.7 Å². The molecule has 2 aromatic carbocycles. The standard InChI is InChI=1S/C15H14N2O4/c1-21-13-8-11(6-7-12(13)15(19)20)17-10-4-2-9(3-5-10)14(16)18/h2-8,17H,1H3,(H2,16,18)(H,19,20). The van der Waals surface area contributed by atoms with Crippen LogP contribution in [0.25, 0.3) is 0 Å². The normalized spacial score (nSPS) is 9.95. The van der Waals surface area contributed by atoms with Crippen LogP contribution in [-0.2, 0) is 0 Å². The maximum Gasteiger partial charge on any atom is 0.339 e. The van der Waals surface area contributed by atoms with E-state index < -0.39 is 11.9 Å². The van der Waals surface area contributed by atoms with Crippen LogP contribution in [0.5, 0.6) is 5.75 Å². The maximum absolute atomic E-state index is 11.0. The number of aromatic carboxylic acids is 1. The summed E-state index contributed by atoms with van der Waals surface area (Å²) in [7, 11) is 1.41. The number of carbonyl (C=O) groups is 2. The van der Waals surface area contributed by atoms with E-state index in [4.69, 9.17) is 15.6 Å². The second kappa shape index (κ2) is 5.96. The first-order valence-electron chi connectivity index (χ1n) is 6.09. The third-order valence-corrected chi connectivity index (χ3v) is 2.89. The molecule has 0 radical (unpaired) electrons. The van der Waals surface area contributed by atoms with Gasteiger partial charge in [0.2, 0.25) is 5.91 Å². The first-order valence-corrected chi connectivity index (χ1v) is 6.09. The van der Waals surface area contributed by atoms with Crippen molar-refractivity contribution in [2.45, 2.75) is 0 Å². The summed E-state index contributed by atoms with van der Waals surface area (Å²) in [5.74, 6) is -1.28. The number of hydrogen-bond donors (Lipinski definition) is 3. The molecule has 0 aliphatic carbocycles. The van der Waals surface area contributed by atoms with Crippen LogP contribution < -0.4 is 15.8 Å². The number of amides is 1. The van der Waals surface area contributed by atoms with Crippen LogP contribution in [0.4, 0.5) is 11.4 Å². The fourth-order valence-electron chi connectivity index (χ4n) is 1.83. The van der Waals surface area contributed by atoms with Gasteiger partial charge in [-0.15, -0.1) is 0 Å².